The van der Waals surface area contributed by atoms with E-state index in [1.54, 1.807) is 11.0 Å². The van der Waals surface area contributed by atoms with Crippen molar-refractivity contribution in [2.75, 3.05) is 12.4 Å². The normalized spacial score (nSPS) is 10.6. The van der Waals surface area contributed by atoms with Gasteiger partial charge in [-0.05, 0) is 13.8 Å². The molecule has 1 amide bonds. The van der Waals surface area contributed by atoms with E-state index >= 15 is 0 Å². The van der Waals surface area contributed by atoms with Crippen molar-refractivity contribution in [3.63, 3.8) is 0 Å². The molecule has 14 heavy (non-hydrogen) atoms. The van der Waals surface area contributed by atoms with Gasteiger partial charge in [0.05, 0.1) is 0 Å². The number of rotatable bonds is 4. The van der Waals surface area contributed by atoms with Gasteiger partial charge in [-0.2, -0.15) is 0 Å². The van der Waals surface area contributed by atoms with E-state index in [2.05, 4.69) is 9.68 Å². The highest BCUT2D eigenvalue weighted by molar-refractivity contribution is 6.18. The summed E-state index contributed by atoms with van der Waals surface area (Å²) in [7, 11) is 0. The molecule has 0 aliphatic carbocycles. The molecule has 5 heteroatoms. The number of nitrogens with zero attached hydrogens (tertiary/aromatic N) is 2. The summed E-state index contributed by atoms with van der Waals surface area (Å²) in [5.41, 5.74) is 0.323. The van der Waals surface area contributed by atoms with Gasteiger partial charge < -0.3 is 9.42 Å². The summed E-state index contributed by atoms with van der Waals surface area (Å²) in [6.07, 6.45) is 1.38. The molecule has 0 atom stereocenters. The van der Waals surface area contributed by atoms with Crippen LogP contribution in [0.15, 0.2) is 16.9 Å². The van der Waals surface area contributed by atoms with Crippen LogP contribution in [0.4, 0.5) is 0 Å². The van der Waals surface area contributed by atoms with Crippen molar-refractivity contribution >= 4 is 17.5 Å². The van der Waals surface area contributed by atoms with Crippen LogP contribution in [0.1, 0.15) is 24.3 Å². The van der Waals surface area contributed by atoms with Gasteiger partial charge in [-0.25, -0.2) is 0 Å². The van der Waals surface area contributed by atoms with Gasteiger partial charge in [-0.1, -0.05) is 5.16 Å². The SMILES string of the molecule is CC(C)N(CCCl)C(=O)c1ccon1. The van der Waals surface area contributed by atoms with Crippen LogP contribution in [0.25, 0.3) is 0 Å². The van der Waals surface area contributed by atoms with E-state index in [9.17, 15) is 4.79 Å². The van der Waals surface area contributed by atoms with Crippen LogP contribution in [0.3, 0.4) is 0 Å². The third-order valence-corrected chi connectivity index (χ3v) is 2.04. The Labute approximate surface area is 87.8 Å². The third-order valence-electron chi connectivity index (χ3n) is 1.87. The van der Waals surface area contributed by atoms with E-state index in [4.69, 9.17) is 11.6 Å². The minimum atomic E-state index is -0.144. The van der Waals surface area contributed by atoms with Crippen LogP contribution < -0.4 is 0 Å². The van der Waals surface area contributed by atoms with Crippen molar-refractivity contribution in [1.29, 1.82) is 0 Å². The van der Waals surface area contributed by atoms with Gasteiger partial charge in [0.2, 0.25) is 0 Å². The Kier molecular flexibility index (Phi) is 3.95. The van der Waals surface area contributed by atoms with E-state index in [1.807, 2.05) is 13.8 Å². The summed E-state index contributed by atoms with van der Waals surface area (Å²) >= 11 is 5.61. The maximum atomic E-state index is 11.8. The molecule has 1 aromatic heterocycles. The maximum absolute atomic E-state index is 11.8. The minimum absolute atomic E-state index is 0.109. The molecule has 0 aromatic carbocycles. The smallest absolute Gasteiger partial charge is 0.276 e. The number of amides is 1. The summed E-state index contributed by atoms with van der Waals surface area (Å²) in [6.45, 7) is 4.39. The Morgan fingerprint density at radius 1 is 1.71 bits per heavy atom. The van der Waals surface area contributed by atoms with Gasteiger partial charge in [0.15, 0.2) is 5.69 Å². The lowest BCUT2D eigenvalue weighted by Crippen LogP contribution is -2.38. The van der Waals surface area contributed by atoms with Crippen LogP contribution in [-0.4, -0.2) is 34.4 Å². The van der Waals surface area contributed by atoms with Crippen LogP contribution in [-0.2, 0) is 0 Å². The van der Waals surface area contributed by atoms with E-state index in [0.29, 0.717) is 18.1 Å². The number of alkyl halides is 1. The molecule has 0 aliphatic heterocycles. The zero-order valence-corrected chi connectivity index (χ0v) is 8.99. The first-order valence-corrected chi connectivity index (χ1v) is 4.97. The number of hydrogen-bond acceptors (Lipinski definition) is 3. The van der Waals surface area contributed by atoms with E-state index in [1.165, 1.54) is 6.26 Å². The average Bonchev–Trinajstić information content (AvgIpc) is 2.65. The highest BCUT2D eigenvalue weighted by Gasteiger charge is 2.19. The quantitative estimate of drug-likeness (QED) is 0.721. The Morgan fingerprint density at radius 2 is 2.43 bits per heavy atom. The molecular formula is C9H13ClN2O2. The lowest BCUT2D eigenvalue weighted by molar-refractivity contribution is 0.0707. The van der Waals surface area contributed by atoms with Crippen LogP contribution in [0.2, 0.25) is 0 Å². The topological polar surface area (TPSA) is 46.3 Å². The number of halogens is 1. The highest BCUT2D eigenvalue weighted by atomic mass is 35.5. The molecule has 0 fully saturated rings. The van der Waals surface area contributed by atoms with Gasteiger partial charge >= 0.3 is 0 Å². The zero-order chi connectivity index (χ0) is 10.6. The Balaban J connectivity index is 2.74. The minimum Gasteiger partial charge on any atom is -0.364 e. The molecule has 1 aromatic rings. The van der Waals surface area contributed by atoms with Crippen molar-refractivity contribution < 1.29 is 9.32 Å². The second-order valence-electron chi connectivity index (χ2n) is 3.17. The Bertz CT molecular complexity index is 285. The highest BCUT2D eigenvalue weighted by Crippen LogP contribution is 2.06. The second-order valence-corrected chi connectivity index (χ2v) is 3.54. The standard InChI is InChI=1S/C9H13ClN2O2/c1-7(2)12(5-4-10)9(13)8-3-6-14-11-8/h3,6-7H,4-5H2,1-2H3. The fourth-order valence-electron chi connectivity index (χ4n) is 1.16. The lowest BCUT2D eigenvalue weighted by Gasteiger charge is -2.24. The van der Waals surface area contributed by atoms with Gasteiger partial charge in [-0.15, -0.1) is 11.6 Å². The molecule has 0 aliphatic rings. The predicted octanol–water partition coefficient (Wildman–Crippen LogP) is 1.76. The van der Waals surface area contributed by atoms with Crippen LogP contribution >= 0.6 is 11.6 Å². The van der Waals surface area contributed by atoms with Crippen molar-refractivity contribution in [1.82, 2.24) is 10.1 Å². The first kappa shape index (κ1) is 11.0. The first-order valence-electron chi connectivity index (χ1n) is 4.44. The molecule has 0 bridgehead atoms. The fraction of sp³-hybridized carbons (Fsp3) is 0.556. The summed E-state index contributed by atoms with van der Waals surface area (Å²) in [6, 6.07) is 1.66. The molecule has 1 heterocycles. The molecule has 0 radical (unpaired) electrons. The first-order chi connectivity index (χ1) is 6.66. The largest absolute Gasteiger partial charge is 0.364 e. The summed E-state index contributed by atoms with van der Waals surface area (Å²) < 4.78 is 4.61. The average molecular weight is 217 g/mol. The zero-order valence-electron chi connectivity index (χ0n) is 8.24. The van der Waals surface area contributed by atoms with Crippen molar-refractivity contribution in [2.45, 2.75) is 19.9 Å². The molecular weight excluding hydrogens is 204 g/mol. The summed E-state index contributed by atoms with van der Waals surface area (Å²) in [4.78, 5) is 13.4. The van der Waals surface area contributed by atoms with Crippen LogP contribution in [0.5, 0.6) is 0 Å². The molecule has 0 saturated heterocycles. The summed E-state index contributed by atoms with van der Waals surface area (Å²) in [5.74, 6) is 0.274. The molecule has 0 unspecified atom stereocenters. The summed E-state index contributed by atoms with van der Waals surface area (Å²) in [5, 5.41) is 3.59. The molecule has 78 valence electrons. The molecule has 4 nitrogen and oxygen atoms in total. The van der Waals surface area contributed by atoms with E-state index in [0.717, 1.165) is 0 Å². The van der Waals surface area contributed by atoms with Crippen LogP contribution in [0, 0.1) is 0 Å². The number of aromatic nitrogens is 1. The van der Waals surface area contributed by atoms with E-state index < -0.39 is 0 Å². The number of hydrogen-bond donors (Lipinski definition) is 0. The molecule has 0 spiro atoms. The monoisotopic (exact) mass is 216 g/mol. The van der Waals surface area contributed by atoms with Gasteiger partial charge in [-0.3, -0.25) is 4.79 Å². The van der Waals surface area contributed by atoms with Crippen molar-refractivity contribution in [3.8, 4) is 0 Å². The maximum Gasteiger partial charge on any atom is 0.276 e. The van der Waals surface area contributed by atoms with Gasteiger partial charge in [0, 0.05) is 24.5 Å². The molecule has 0 N–H and O–H groups in total. The van der Waals surface area contributed by atoms with Crippen molar-refractivity contribution in [2.24, 2.45) is 0 Å². The van der Waals surface area contributed by atoms with E-state index in [-0.39, 0.29) is 11.9 Å². The molecule has 1 rings (SSSR count). The number of carbonyl (C=O) groups is 1. The number of carbonyl (C=O) groups excluding carboxylic acids is 1. The molecule has 0 saturated carbocycles. The predicted molar refractivity (Wildman–Crippen MR) is 53.4 cm³/mol. The Morgan fingerprint density at radius 3 is 2.86 bits per heavy atom. The lowest BCUT2D eigenvalue weighted by atomic mass is 10.3. The van der Waals surface area contributed by atoms with Crippen molar-refractivity contribution in [3.05, 3.63) is 18.0 Å². The van der Waals surface area contributed by atoms with Gasteiger partial charge in [0.25, 0.3) is 5.91 Å². The van der Waals surface area contributed by atoms with Gasteiger partial charge in [0.1, 0.15) is 6.26 Å². The second kappa shape index (κ2) is 5.00. The fourth-order valence-corrected chi connectivity index (χ4v) is 1.34. The third kappa shape index (κ3) is 2.48. The Hall–Kier alpha value is -1.03.